The van der Waals surface area contributed by atoms with E-state index in [1.807, 2.05) is 12.3 Å². The van der Waals surface area contributed by atoms with Crippen LogP contribution in [0.4, 0.5) is 0 Å². The minimum Gasteiger partial charge on any atom is -0.481 e. The van der Waals surface area contributed by atoms with Gasteiger partial charge in [-0.25, -0.2) is 9.97 Å². The number of pyridine rings is 2. The summed E-state index contributed by atoms with van der Waals surface area (Å²) in [5, 5.41) is 1.96. The molecule has 0 aliphatic carbocycles. The van der Waals surface area contributed by atoms with Crippen molar-refractivity contribution in [3.63, 3.8) is 0 Å². The molecule has 0 aromatic carbocycles. The minimum absolute atomic E-state index is 0.528. The van der Waals surface area contributed by atoms with Crippen LogP contribution in [0.3, 0.4) is 0 Å². The van der Waals surface area contributed by atoms with Crippen LogP contribution in [0.5, 0.6) is 5.88 Å². The van der Waals surface area contributed by atoms with Crippen molar-refractivity contribution >= 4 is 22.6 Å². The molecular weight excluding hydrogens is 360 g/mol. The second-order valence-electron chi connectivity index (χ2n) is 7.44. The third-order valence-electron chi connectivity index (χ3n) is 5.98. The Morgan fingerprint density at radius 3 is 2.96 bits per heavy atom. The Kier molecular flexibility index (Phi) is 4.29. The lowest BCUT2D eigenvalue weighted by Crippen LogP contribution is -2.31. The molecule has 140 valence electrons. The molecule has 5 heterocycles. The highest BCUT2D eigenvalue weighted by Crippen LogP contribution is 2.43. The zero-order valence-electron chi connectivity index (χ0n) is 15.5. The van der Waals surface area contributed by atoms with E-state index in [2.05, 4.69) is 26.6 Å². The highest BCUT2D eigenvalue weighted by atomic mass is 35.5. The van der Waals surface area contributed by atoms with Crippen molar-refractivity contribution in [2.45, 2.75) is 38.3 Å². The van der Waals surface area contributed by atoms with Gasteiger partial charge in [0.1, 0.15) is 5.65 Å². The monoisotopic (exact) mass is 382 g/mol. The second kappa shape index (κ2) is 6.80. The van der Waals surface area contributed by atoms with Crippen LogP contribution in [0.15, 0.2) is 30.6 Å². The van der Waals surface area contributed by atoms with Crippen molar-refractivity contribution in [1.82, 2.24) is 19.4 Å². The van der Waals surface area contributed by atoms with E-state index in [-0.39, 0.29) is 0 Å². The molecule has 2 aliphatic heterocycles. The lowest BCUT2D eigenvalue weighted by molar-refractivity contribution is 0.242. The average Bonchev–Trinajstić information content (AvgIpc) is 3.28. The fourth-order valence-corrected chi connectivity index (χ4v) is 4.90. The molecule has 6 heteroatoms. The Hall–Kier alpha value is -2.11. The van der Waals surface area contributed by atoms with E-state index in [9.17, 15) is 0 Å². The molecule has 2 aliphatic rings. The van der Waals surface area contributed by atoms with Crippen LogP contribution < -0.4 is 4.74 Å². The quantitative estimate of drug-likeness (QED) is 0.683. The van der Waals surface area contributed by atoms with Gasteiger partial charge in [-0.15, -0.1) is 0 Å². The van der Waals surface area contributed by atoms with E-state index in [1.54, 1.807) is 13.3 Å². The largest absolute Gasteiger partial charge is 0.481 e. The van der Waals surface area contributed by atoms with Crippen LogP contribution in [-0.2, 0) is 19.4 Å². The summed E-state index contributed by atoms with van der Waals surface area (Å²) in [6.45, 7) is 3.26. The number of rotatable bonds is 4. The fraction of sp³-hybridized carbons (Fsp3) is 0.429. The van der Waals surface area contributed by atoms with E-state index in [4.69, 9.17) is 21.3 Å². The summed E-state index contributed by atoms with van der Waals surface area (Å²) in [6, 6.07) is 6.65. The number of halogens is 1. The maximum absolute atomic E-state index is 6.31. The summed E-state index contributed by atoms with van der Waals surface area (Å²) >= 11 is 6.31. The molecule has 1 atom stereocenters. The van der Waals surface area contributed by atoms with Crippen LogP contribution in [0, 0.1) is 0 Å². The molecule has 0 radical (unpaired) electrons. The molecule has 3 aromatic heterocycles. The van der Waals surface area contributed by atoms with Crippen molar-refractivity contribution in [1.29, 1.82) is 0 Å². The first kappa shape index (κ1) is 17.0. The van der Waals surface area contributed by atoms with Crippen LogP contribution in [0.2, 0.25) is 5.02 Å². The van der Waals surface area contributed by atoms with Gasteiger partial charge in [-0.2, -0.15) is 0 Å². The molecule has 0 amide bonds. The first-order valence-corrected chi connectivity index (χ1v) is 10.0. The first-order valence-electron chi connectivity index (χ1n) is 9.64. The summed E-state index contributed by atoms with van der Waals surface area (Å²) in [5.74, 6) is 0.653. The second-order valence-corrected chi connectivity index (χ2v) is 7.88. The predicted octanol–water partition coefficient (Wildman–Crippen LogP) is 4.03. The third kappa shape index (κ3) is 2.89. The molecule has 5 nitrogen and oxygen atoms in total. The molecule has 1 unspecified atom stereocenters. The molecule has 1 saturated heterocycles. The smallest absolute Gasteiger partial charge is 0.212 e. The van der Waals surface area contributed by atoms with Crippen LogP contribution in [0.1, 0.15) is 35.7 Å². The molecule has 0 N–H and O–H groups in total. The van der Waals surface area contributed by atoms with Crippen molar-refractivity contribution in [3.8, 4) is 5.88 Å². The van der Waals surface area contributed by atoms with Gasteiger partial charge in [-0.3, -0.25) is 4.90 Å². The van der Waals surface area contributed by atoms with E-state index < -0.39 is 0 Å². The number of hydrogen-bond acceptors (Lipinski definition) is 4. The van der Waals surface area contributed by atoms with Gasteiger partial charge in [0.05, 0.1) is 12.1 Å². The van der Waals surface area contributed by atoms with Gasteiger partial charge in [0.2, 0.25) is 5.88 Å². The number of hydrogen-bond donors (Lipinski definition) is 0. The zero-order chi connectivity index (χ0) is 18.4. The number of ether oxygens (including phenoxy) is 1. The first-order chi connectivity index (χ1) is 13.2. The Morgan fingerprint density at radius 2 is 2.15 bits per heavy atom. The predicted molar refractivity (Wildman–Crippen MR) is 106 cm³/mol. The fourth-order valence-electron chi connectivity index (χ4n) is 4.75. The lowest BCUT2D eigenvalue weighted by atomic mass is 9.96. The maximum Gasteiger partial charge on any atom is 0.212 e. The van der Waals surface area contributed by atoms with Gasteiger partial charge in [-0.1, -0.05) is 17.7 Å². The highest BCUT2D eigenvalue weighted by Gasteiger charge is 2.35. The lowest BCUT2D eigenvalue weighted by Gasteiger charge is -2.30. The molecule has 0 bridgehead atoms. The zero-order valence-corrected chi connectivity index (χ0v) is 16.2. The van der Waals surface area contributed by atoms with Gasteiger partial charge in [0.15, 0.2) is 0 Å². The summed E-state index contributed by atoms with van der Waals surface area (Å²) < 4.78 is 7.58. The topological polar surface area (TPSA) is 43.2 Å². The number of aromatic nitrogens is 3. The van der Waals surface area contributed by atoms with Gasteiger partial charge in [0, 0.05) is 55.1 Å². The van der Waals surface area contributed by atoms with E-state index in [0.29, 0.717) is 11.9 Å². The number of methoxy groups -OCH3 is 1. The normalized spacial score (nSPS) is 19.3. The van der Waals surface area contributed by atoms with E-state index in [0.717, 1.165) is 36.6 Å². The third-order valence-corrected chi connectivity index (χ3v) is 6.19. The van der Waals surface area contributed by atoms with Crippen LogP contribution in [0.25, 0.3) is 11.0 Å². The van der Waals surface area contributed by atoms with Crippen molar-refractivity contribution in [3.05, 3.63) is 52.4 Å². The minimum atomic E-state index is 0.528. The summed E-state index contributed by atoms with van der Waals surface area (Å²) in [7, 11) is 1.64. The molecule has 0 saturated carbocycles. The maximum atomic E-state index is 6.31. The molecular formula is C21H23ClN4O. The summed E-state index contributed by atoms with van der Waals surface area (Å²) in [6.07, 6.45) is 8.20. The Bertz CT molecular complexity index is 982. The van der Waals surface area contributed by atoms with Gasteiger partial charge >= 0.3 is 0 Å². The van der Waals surface area contributed by atoms with Gasteiger partial charge in [0.25, 0.3) is 0 Å². The molecule has 1 fully saturated rings. The van der Waals surface area contributed by atoms with Gasteiger partial charge in [-0.05, 0) is 43.0 Å². The average molecular weight is 383 g/mol. The highest BCUT2D eigenvalue weighted by molar-refractivity contribution is 6.31. The summed E-state index contributed by atoms with van der Waals surface area (Å²) in [4.78, 5) is 11.7. The van der Waals surface area contributed by atoms with E-state index >= 15 is 0 Å². The van der Waals surface area contributed by atoms with Crippen LogP contribution >= 0.6 is 11.6 Å². The van der Waals surface area contributed by atoms with Crippen LogP contribution in [-0.4, -0.2) is 39.6 Å². The molecule has 0 spiro atoms. The standard InChI is InChI=1S/C21H23ClN4O/c1-27-19-5-4-14(12-23-19)6-10-26-18-7-9-25-8-2-3-17(25)20(18)16-11-15(22)13-24-21(16)26/h4-5,11-13,17H,2-3,6-10H2,1H3. The van der Waals surface area contributed by atoms with Crippen molar-refractivity contribution in [2.24, 2.45) is 0 Å². The summed E-state index contributed by atoms with van der Waals surface area (Å²) in [5.41, 5.74) is 5.19. The number of nitrogens with zero attached hydrogens (tertiary/aromatic N) is 4. The Balaban J connectivity index is 1.53. The number of aryl methyl sites for hydroxylation is 2. The van der Waals surface area contributed by atoms with Crippen molar-refractivity contribution in [2.75, 3.05) is 20.2 Å². The molecule has 27 heavy (non-hydrogen) atoms. The van der Waals surface area contributed by atoms with Gasteiger partial charge < -0.3 is 9.30 Å². The number of fused-ring (bicyclic) bond motifs is 5. The Labute approximate surface area is 163 Å². The SMILES string of the molecule is COc1ccc(CCn2c3c(c4cc(Cl)cnc42)C2CCCN2CC3)cn1. The molecule has 3 aromatic rings. The Morgan fingerprint density at radius 1 is 1.22 bits per heavy atom. The van der Waals surface area contributed by atoms with Crippen molar-refractivity contribution < 1.29 is 4.74 Å². The van der Waals surface area contributed by atoms with E-state index in [1.165, 1.54) is 41.6 Å². The molecule has 5 rings (SSSR count).